The molecule has 0 saturated carbocycles. The van der Waals surface area contributed by atoms with Gasteiger partial charge < -0.3 is 4.90 Å². The molecule has 0 aliphatic rings. The Balaban J connectivity index is 3.58. The maximum Gasteiger partial charge on any atom is 0.245 e. The molecule has 2 nitrogen and oxygen atoms in total. The summed E-state index contributed by atoms with van der Waals surface area (Å²) < 4.78 is 0. The average Bonchev–Trinajstić information content (AvgIpc) is 1.87. The quantitative estimate of drug-likeness (QED) is 0.519. The molecular weight excluding hydrogens is 114 g/mol. The predicted molar refractivity (Wildman–Crippen MR) is 38.1 cm³/mol. The van der Waals surface area contributed by atoms with Crippen LogP contribution in [0.1, 0.15) is 13.3 Å². The van der Waals surface area contributed by atoms with Gasteiger partial charge in [0.05, 0.1) is 0 Å². The number of carbonyl (C=O) groups excluding carboxylic acids is 1. The smallest absolute Gasteiger partial charge is 0.245 e. The summed E-state index contributed by atoms with van der Waals surface area (Å²) in [5.41, 5.74) is 0. The van der Waals surface area contributed by atoms with Gasteiger partial charge in [0.1, 0.15) is 0 Å². The Bertz CT molecular complexity index is 109. The summed E-state index contributed by atoms with van der Waals surface area (Å²) in [6.45, 7) is 6.22. The van der Waals surface area contributed by atoms with Crippen LogP contribution in [0.5, 0.6) is 0 Å². The highest BCUT2D eigenvalue weighted by Crippen LogP contribution is 1.86. The van der Waals surface area contributed by atoms with Crippen molar-refractivity contribution in [2.24, 2.45) is 0 Å². The van der Waals surface area contributed by atoms with Crippen molar-refractivity contribution in [3.8, 4) is 0 Å². The molecule has 0 saturated heterocycles. The van der Waals surface area contributed by atoms with Crippen molar-refractivity contribution in [3.05, 3.63) is 12.7 Å². The Morgan fingerprint density at radius 2 is 2.33 bits per heavy atom. The topological polar surface area (TPSA) is 20.3 Å². The van der Waals surface area contributed by atoms with E-state index in [0.29, 0.717) is 0 Å². The first kappa shape index (κ1) is 8.21. The van der Waals surface area contributed by atoms with Crippen molar-refractivity contribution in [3.63, 3.8) is 0 Å². The number of nitrogens with zero attached hydrogens (tertiary/aromatic N) is 1. The molecule has 0 aliphatic heterocycles. The second-order valence-corrected chi connectivity index (χ2v) is 1.96. The van der Waals surface area contributed by atoms with Gasteiger partial charge in [0.25, 0.3) is 0 Å². The fourth-order valence-electron chi connectivity index (χ4n) is 0.601. The molecule has 9 heavy (non-hydrogen) atoms. The van der Waals surface area contributed by atoms with Crippen molar-refractivity contribution >= 4 is 5.91 Å². The summed E-state index contributed by atoms with van der Waals surface area (Å²) in [7, 11) is 1.77. The van der Waals surface area contributed by atoms with Gasteiger partial charge in [-0.2, -0.15) is 0 Å². The monoisotopic (exact) mass is 127 g/mol. The predicted octanol–water partition coefficient (Wildman–Crippen LogP) is 1.04. The van der Waals surface area contributed by atoms with Crippen molar-refractivity contribution in [1.82, 2.24) is 4.90 Å². The second kappa shape index (κ2) is 4.13. The lowest BCUT2D eigenvalue weighted by molar-refractivity contribution is -0.124. The minimum atomic E-state index is -0.00292. The van der Waals surface area contributed by atoms with E-state index in [2.05, 4.69) is 6.58 Å². The molecule has 0 aromatic rings. The molecule has 1 amide bonds. The first-order valence-electron chi connectivity index (χ1n) is 3.10. The molecule has 0 rings (SSSR count). The van der Waals surface area contributed by atoms with E-state index in [4.69, 9.17) is 0 Å². The van der Waals surface area contributed by atoms with Gasteiger partial charge in [0, 0.05) is 13.6 Å². The fraction of sp³-hybridized carbons (Fsp3) is 0.571. The van der Waals surface area contributed by atoms with Crippen molar-refractivity contribution in [2.45, 2.75) is 13.3 Å². The number of hydrogen-bond acceptors (Lipinski definition) is 1. The Kier molecular flexibility index (Phi) is 3.76. The fourth-order valence-corrected chi connectivity index (χ4v) is 0.601. The molecular formula is C7H13NO. The number of amides is 1. The maximum absolute atomic E-state index is 10.7. The molecule has 0 radical (unpaired) electrons. The molecule has 52 valence electrons. The molecule has 2 heteroatoms. The minimum absolute atomic E-state index is 0.00292. The summed E-state index contributed by atoms with van der Waals surface area (Å²) in [6, 6.07) is 0. The Labute approximate surface area is 56.2 Å². The Morgan fingerprint density at radius 1 is 1.78 bits per heavy atom. The van der Waals surface area contributed by atoms with Gasteiger partial charge >= 0.3 is 0 Å². The number of likely N-dealkylation sites (N-methyl/N-ethyl adjacent to an activating group) is 1. The normalized spacial score (nSPS) is 8.67. The molecule has 0 aromatic heterocycles. The van der Waals surface area contributed by atoms with Crippen LogP contribution in [0, 0.1) is 0 Å². The van der Waals surface area contributed by atoms with Gasteiger partial charge in [-0.1, -0.05) is 13.5 Å². The van der Waals surface area contributed by atoms with E-state index in [9.17, 15) is 4.79 Å². The Hall–Kier alpha value is -0.790. The van der Waals surface area contributed by atoms with E-state index in [1.165, 1.54) is 6.08 Å². The van der Waals surface area contributed by atoms with Crippen LogP contribution in [0.4, 0.5) is 0 Å². The highest BCUT2D eigenvalue weighted by atomic mass is 16.2. The lowest BCUT2D eigenvalue weighted by Crippen LogP contribution is -2.24. The van der Waals surface area contributed by atoms with Gasteiger partial charge in [-0.25, -0.2) is 0 Å². The van der Waals surface area contributed by atoms with Crippen LogP contribution in [-0.2, 0) is 4.79 Å². The second-order valence-electron chi connectivity index (χ2n) is 1.96. The molecule has 0 fully saturated rings. The van der Waals surface area contributed by atoms with Gasteiger partial charge in [-0.05, 0) is 12.5 Å². The van der Waals surface area contributed by atoms with E-state index < -0.39 is 0 Å². The van der Waals surface area contributed by atoms with Crippen LogP contribution >= 0.6 is 0 Å². The standard InChI is InChI=1S/C7H13NO/c1-4-6-8(3)7(9)5-2/h5H,2,4,6H2,1,3H3. The van der Waals surface area contributed by atoms with Crippen LogP contribution in [0.25, 0.3) is 0 Å². The summed E-state index contributed by atoms with van der Waals surface area (Å²) in [6.07, 6.45) is 2.33. The number of hydrogen-bond donors (Lipinski definition) is 0. The molecule has 0 atom stereocenters. The first-order chi connectivity index (χ1) is 4.22. The third-order valence-corrected chi connectivity index (χ3v) is 1.11. The third kappa shape index (κ3) is 2.90. The zero-order valence-corrected chi connectivity index (χ0v) is 6.05. The van der Waals surface area contributed by atoms with Gasteiger partial charge in [-0.15, -0.1) is 0 Å². The summed E-state index contributed by atoms with van der Waals surface area (Å²) in [5, 5.41) is 0. The molecule has 0 bridgehead atoms. The van der Waals surface area contributed by atoms with Gasteiger partial charge in [0.15, 0.2) is 0 Å². The minimum Gasteiger partial charge on any atom is -0.342 e. The molecule has 0 aromatic carbocycles. The summed E-state index contributed by atoms with van der Waals surface area (Å²) in [5.74, 6) is -0.00292. The molecule has 0 aliphatic carbocycles. The SMILES string of the molecule is C=CC(=O)N(C)CCC. The van der Waals surface area contributed by atoms with Crippen LogP contribution in [0.2, 0.25) is 0 Å². The maximum atomic E-state index is 10.7. The average molecular weight is 127 g/mol. The Morgan fingerprint density at radius 3 is 2.67 bits per heavy atom. The molecule has 0 N–H and O–H groups in total. The summed E-state index contributed by atoms with van der Waals surface area (Å²) >= 11 is 0. The van der Waals surface area contributed by atoms with Gasteiger partial charge in [-0.3, -0.25) is 4.79 Å². The molecule has 0 unspecified atom stereocenters. The van der Waals surface area contributed by atoms with Crippen LogP contribution < -0.4 is 0 Å². The van der Waals surface area contributed by atoms with E-state index in [1.54, 1.807) is 11.9 Å². The molecule has 0 spiro atoms. The van der Waals surface area contributed by atoms with Crippen LogP contribution in [0.3, 0.4) is 0 Å². The van der Waals surface area contributed by atoms with E-state index in [-0.39, 0.29) is 5.91 Å². The largest absolute Gasteiger partial charge is 0.342 e. The van der Waals surface area contributed by atoms with E-state index >= 15 is 0 Å². The highest BCUT2D eigenvalue weighted by molar-refractivity contribution is 5.86. The van der Waals surface area contributed by atoms with Crippen LogP contribution in [-0.4, -0.2) is 24.4 Å². The highest BCUT2D eigenvalue weighted by Gasteiger charge is 1.99. The molecule has 0 heterocycles. The van der Waals surface area contributed by atoms with Gasteiger partial charge in [0.2, 0.25) is 5.91 Å². The van der Waals surface area contributed by atoms with E-state index in [0.717, 1.165) is 13.0 Å². The summed E-state index contributed by atoms with van der Waals surface area (Å²) in [4.78, 5) is 12.4. The first-order valence-corrected chi connectivity index (χ1v) is 3.10. The number of carbonyl (C=O) groups is 1. The van der Waals surface area contributed by atoms with Crippen molar-refractivity contribution in [1.29, 1.82) is 0 Å². The zero-order chi connectivity index (χ0) is 7.28. The van der Waals surface area contributed by atoms with E-state index in [1.807, 2.05) is 6.92 Å². The van der Waals surface area contributed by atoms with Crippen molar-refractivity contribution < 1.29 is 4.79 Å². The van der Waals surface area contributed by atoms with Crippen molar-refractivity contribution in [2.75, 3.05) is 13.6 Å². The lowest BCUT2D eigenvalue weighted by Gasteiger charge is -2.12. The van der Waals surface area contributed by atoms with Crippen LogP contribution in [0.15, 0.2) is 12.7 Å². The third-order valence-electron chi connectivity index (χ3n) is 1.11. The zero-order valence-electron chi connectivity index (χ0n) is 6.05. The lowest BCUT2D eigenvalue weighted by atomic mass is 10.4. The number of rotatable bonds is 3.